The number of hydrogen-bond donors (Lipinski definition) is 4. The predicted molar refractivity (Wildman–Crippen MR) is 80.8 cm³/mol. The summed E-state index contributed by atoms with van der Waals surface area (Å²) < 4.78 is 24.5. The fraction of sp³-hybridized carbons (Fsp3) is 0. The number of amidine groups is 1. The summed E-state index contributed by atoms with van der Waals surface area (Å²) in [6.45, 7) is 0. The second kappa shape index (κ2) is 10.7. The standard InChI is InChI=1S/C7H8FN3.C7H4FN.H4N2/c8-6-3-1-5(2-4-6)7(9)11-10;8-7-3-1-6(5-9)2-4-7;1-2/h1-4H,10H2,(H2,9,11);1-4H;1-2H2. The van der Waals surface area contributed by atoms with Gasteiger partial charge in [0.15, 0.2) is 0 Å². The van der Waals surface area contributed by atoms with E-state index in [0.29, 0.717) is 11.1 Å². The van der Waals surface area contributed by atoms with E-state index in [4.69, 9.17) is 16.8 Å². The zero-order valence-corrected chi connectivity index (χ0v) is 11.6. The van der Waals surface area contributed by atoms with Crippen molar-refractivity contribution in [1.29, 1.82) is 5.26 Å². The summed E-state index contributed by atoms with van der Waals surface area (Å²) in [5.74, 6) is 12.5. The molecule has 0 atom stereocenters. The van der Waals surface area contributed by atoms with Gasteiger partial charge in [0.25, 0.3) is 0 Å². The minimum atomic E-state index is -0.311. The van der Waals surface area contributed by atoms with Crippen molar-refractivity contribution in [1.82, 2.24) is 0 Å². The SMILES string of the molecule is N#Cc1ccc(F)cc1.NN.NN=C(N)c1ccc(F)cc1. The third-order valence-corrected chi connectivity index (χ3v) is 2.25. The first-order chi connectivity index (χ1) is 10.6. The Morgan fingerprint density at radius 1 is 0.909 bits per heavy atom. The Hall–Kier alpha value is -3.02. The average molecular weight is 306 g/mol. The minimum Gasteiger partial charge on any atom is -0.382 e. The molecule has 22 heavy (non-hydrogen) atoms. The Morgan fingerprint density at radius 2 is 1.32 bits per heavy atom. The van der Waals surface area contributed by atoms with Crippen molar-refractivity contribution in [2.75, 3.05) is 0 Å². The van der Waals surface area contributed by atoms with Crippen molar-refractivity contribution in [3.05, 3.63) is 71.3 Å². The van der Waals surface area contributed by atoms with Crippen molar-refractivity contribution < 1.29 is 8.78 Å². The molecule has 116 valence electrons. The van der Waals surface area contributed by atoms with E-state index in [2.05, 4.69) is 16.8 Å². The summed E-state index contributed by atoms with van der Waals surface area (Å²) in [7, 11) is 0. The molecule has 0 unspecified atom stereocenters. The summed E-state index contributed by atoms with van der Waals surface area (Å²) in [5, 5.41) is 11.5. The van der Waals surface area contributed by atoms with Crippen LogP contribution >= 0.6 is 0 Å². The van der Waals surface area contributed by atoms with Gasteiger partial charge in [0.05, 0.1) is 11.6 Å². The summed E-state index contributed by atoms with van der Waals surface area (Å²) in [5.41, 5.74) is 6.45. The Bertz CT molecular complexity index is 617. The maximum Gasteiger partial charge on any atom is 0.150 e. The number of nitrogens with zero attached hydrogens (tertiary/aromatic N) is 2. The molecule has 0 aliphatic heterocycles. The van der Waals surface area contributed by atoms with Crippen LogP contribution < -0.4 is 23.3 Å². The van der Waals surface area contributed by atoms with Crippen LogP contribution in [0.2, 0.25) is 0 Å². The first-order valence-corrected chi connectivity index (χ1v) is 5.85. The molecule has 0 fully saturated rings. The molecule has 0 aromatic heterocycles. The number of rotatable bonds is 1. The summed E-state index contributed by atoms with van der Waals surface area (Å²) in [6.07, 6.45) is 0. The van der Waals surface area contributed by atoms with Gasteiger partial charge in [0.2, 0.25) is 0 Å². The lowest BCUT2D eigenvalue weighted by Crippen LogP contribution is -2.15. The maximum atomic E-state index is 12.3. The van der Waals surface area contributed by atoms with Crippen LogP contribution in [-0.2, 0) is 0 Å². The van der Waals surface area contributed by atoms with Crippen LogP contribution in [0, 0.1) is 23.0 Å². The van der Waals surface area contributed by atoms with E-state index in [-0.39, 0.29) is 17.5 Å². The lowest BCUT2D eigenvalue weighted by atomic mass is 10.2. The lowest BCUT2D eigenvalue weighted by molar-refractivity contribution is 0.627. The van der Waals surface area contributed by atoms with E-state index in [9.17, 15) is 8.78 Å². The van der Waals surface area contributed by atoms with Crippen LogP contribution in [-0.4, -0.2) is 5.84 Å². The molecular weight excluding hydrogens is 290 g/mol. The minimum absolute atomic E-state index is 0.199. The molecule has 0 saturated carbocycles. The van der Waals surface area contributed by atoms with Crippen LogP contribution in [0.4, 0.5) is 8.78 Å². The smallest absolute Gasteiger partial charge is 0.150 e. The van der Waals surface area contributed by atoms with Crippen LogP contribution in [0.15, 0.2) is 53.6 Å². The Morgan fingerprint density at radius 3 is 1.68 bits per heavy atom. The fourth-order valence-electron chi connectivity index (χ4n) is 1.22. The molecule has 0 spiro atoms. The molecule has 0 amide bonds. The first-order valence-electron chi connectivity index (χ1n) is 5.85. The van der Waals surface area contributed by atoms with Gasteiger partial charge in [-0.1, -0.05) is 0 Å². The molecule has 2 aromatic rings. The molecule has 0 saturated heterocycles. The van der Waals surface area contributed by atoms with Crippen molar-refractivity contribution in [2.45, 2.75) is 0 Å². The molecular formula is C14H16F2N6. The first kappa shape index (κ1) is 19.0. The number of benzene rings is 2. The van der Waals surface area contributed by atoms with Crippen molar-refractivity contribution in [2.24, 2.45) is 28.4 Å². The van der Waals surface area contributed by atoms with Gasteiger partial charge < -0.3 is 11.6 Å². The number of nitrogens with two attached hydrogens (primary N) is 4. The van der Waals surface area contributed by atoms with Gasteiger partial charge in [-0.05, 0) is 48.5 Å². The van der Waals surface area contributed by atoms with Gasteiger partial charge in [-0.3, -0.25) is 11.7 Å². The van der Waals surface area contributed by atoms with Gasteiger partial charge in [-0.2, -0.15) is 10.4 Å². The second-order valence-electron chi connectivity index (χ2n) is 3.64. The van der Waals surface area contributed by atoms with Gasteiger partial charge in [0.1, 0.15) is 17.5 Å². The molecule has 8 heteroatoms. The number of hydrogen-bond acceptors (Lipinski definition) is 5. The third-order valence-electron chi connectivity index (χ3n) is 2.25. The monoisotopic (exact) mass is 306 g/mol. The molecule has 6 nitrogen and oxygen atoms in total. The van der Waals surface area contributed by atoms with Crippen LogP contribution in [0.5, 0.6) is 0 Å². The number of hydrazone groups is 1. The van der Waals surface area contributed by atoms with Gasteiger partial charge >= 0.3 is 0 Å². The Kier molecular flexibility index (Phi) is 9.26. The molecule has 0 bridgehead atoms. The molecule has 2 rings (SSSR count). The maximum absolute atomic E-state index is 12.3. The van der Waals surface area contributed by atoms with Crippen LogP contribution in [0.25, 0.3) is 0 Å². The van der Waals surface area contributed by atoms with Gasteiger partial charge in [0, 0.05) is 5.56 Å². The number of hydrazine groups is 1. The summed E-state index contributed by atoms with van der Waals surface area (Å²) >= 11 is 0. The molecule has 2 aromatic carbocycles. The Balaban J connectivity index is 0.000000366. The number of halogens is 2. The van der Waals surface area contributed by atoms with Gasteiger partial charge in [-0.25, -0.2) is 8.78 Å². The number of nitriles is 1. The molecule has 0 aliphatic carbocycles. The van der Waals surface area contributed by atoms with Gasteiger partial charge in [-0.15, -0.1) is 0 Å². The Labute approximate surface area is 126 Å². The third kappa shape index (κ3) is 6.95. The largest absolute Gasteiger partial charge is 0.382 e. The zero-order chi connectivity index (χ0) is 17.0. The van der Waals surface area contributed by atoms with E-state index < -0.39 is 0 Å². The normalized spacial score (nSPS) is 9.50. The van der Waals surface area contributed by atoms with Crippen molar-refractivity contribution in [3.8, 4) is 6.07 Å². The highest BCUT2D eigenvalue weighted by Crippen LogP contribution is 2.01. The lowest BCUT2D eigenvalue weighted by Gasteiger charge is -1.96. The summed E-state index contributed by atoms with van der Waals surface area (Å²) in [6, 6.07) is 12.9. The molecule has 8 N–H and O–H groups in total. The predicted octanol–water partition coefficient (Wildman–Crippen LogP) is 0.921. The quantitative estimate of drug-likeness (QED) is 0.268. The average Bonchev–Trinajstić information content (AvgIpc) is 2.58. The molecule has 0 heterocycles. The van der Waals surface area contributed by atoms with Crippen molar-refractivity contribution >= 4 is 5.84 Å². The topological polar surface area (TPSA) is 140 Å². The highest BCUT2D eigenvalue weighted by Gasteiger charge is 1.96. The zero-order valence-electron chi connectivity index (χ0n) is 11.6. The summed E-state index contributed by atoms with van der Waals surface area (Å²) in [4.78, 5) is 0. The molecule has 0 radical (unpaired) electrons. The van der Waals surface area contributed by atoms with E-state index in [0.717, 1.165) is 0 Å². The van der Waals surface area contributed by atoms with Crippen molar-refractivity contribution in [3.63, 3.8) is 0 Å². The van der Waals surface area contributed by atoms with E-state index in [1.165, 1.54) is 48.5 Å². The van der Waals surface area contributed by atoms with E-state index in [1.807, 2.05) is 6.07 Å². The second-order valence-corrected chi connectivity index (χ2v) is 3.64. The molecule has 0 aliphatic rings. The fourth-order valence-corrected chi connectivity index (χ4v) is 1.22. The highest BCUT2D eigenvalue weighted by molar-refractivity contribution is 5.97. The van der Waals surface area contributed by atoms with E-state index in [1.54, 1.807) is 0 Å². The highest BCUT2D eigenvalue weighted by atomic mass is 19.1. The van der Waals surface area contributed by atoms with Crippen LogP contribution in [0.1, 0.15) is 11.1 Å². The van der Waals surface area contributed by atoms with E-state index >= 15 is 0 Å². The van der Waals surface area contributed by atoms with Crippen LogP contribution in [0.3, 0.4) is 0 Å².